The molecule has 0 radical (unpaired) electrons. The van der Waals surface area contributed by atoms with Gasteiger partial charge in [-0.05, 0) is 61.7 Å². The molecule has 0 spiro atoms. The Morgan fingerprint density at radius 2 is 1.65 bits per heavy atom. The molecule has 0 fully saturated rings. The van der Waals surface area contributed by atoms with E-state index in [9.17, 15) is 13.2 Å². The Morgan fingerprint density at radius 3 is 2.19 bits per heavy atom. The molecule has 2 rings (SSSR count). The summed E-state index contributed by atoms with van der Waals surface area (Å²) in [5.74, 6) is 0.647. The van der Waals surface area contributed by atoms with Gasteiger partial charge in [0.1, 0.15) is 5.75 Å². The van der Waals surface area contributed by atoms with Gasteiger partial charge in [0.15, 0.2) is 9.84 Å². The number of ether oxygens (including phenoxy) is 1. The number of carbonyl (C=O) groups is 1. The van der Waals surface area contributed by atoms with E-state index in [2.05, 4.69) is 11.4 Å². The highest BCUT2D eigenvalue weighted by Gasteiger charge is 2.12. The summed E-state index contributed by atoms with van der Waals surface area (Å²) in [5, 5.41) is 2.90. The van der Waals surface area contributed by atoms with Gasteiger partial charge in [-0.3, -0.25) is 4.79 Å². The van der Waals surface area contributed by atoms with Crippen LogP contribution in [0.1, 0.15) is 36.1 Å². The standard InChI is InChI=1S/C20H25NO4S/c1-14-11-15(2)13-18(12-14)25-10-9-20(22)21-16(3)17-5-7-19(8-6-17)26(4,23)24/h5-8,11-13,16H,9-10H2,1-4H3,(H,21,22). The average Bonchev–Trinajstić information content (AvgIpc) is 2.53. The fourth-order valence-electron chi connectivity index (χ4n) is 2.68. The first-order valence-electron chi connectivity index (χ1n) is 8.45. The minimum atomic E-state index is -3.22. The van der Waals surface area contributed by atoms with Gasteiger partial charge in [0, 0.05) is 6.26 Å². The summed E-state index contributed by atoms with van der Waals surface area (Å²) in [4.78, 5) is 12.4. The summed E-state index contributed by atoms with van der Waals surface area (Å²) >= 11 is 0. The van der Waals surface area contributed by atoms with Gasteiger partial charge in [0.05, 0.1) is 24.0 Å². The van der Waals surface area contributed by atoms with Crippen molar-refractivity contribution in [2.24, 2.45) is 0 Å². The van der Waals surface area contributed by atoms with Crippen molar-refractivity contribution in [2.75, 3.05) is 12.9 Å². The molecule has 2 aromatic carbocycles. The Morgan fingerprint density at radius 1 is 1.08 bits per heavy atom. The summed E-state index contributed by atoms with van der Waals surface area (Å²) in [5.41, 5.74) is 3.09. The van der Waals surface area contributed by atoms with Crippen LogP contribution in [0.2, 0.25) is 0 Å². The van der Waals surface area contributed by atoms with E-state index >= 15 is 0 Å². The molecule has 140 valence electrons. The molecule has 1 atom stereocenters. The first kappa shape index (κ1) is 20.0. The molecule has 0 aromatic heterocycles. The molecule has 5 nitrogen and oxygen atoms in total. The maximum atomic E-state index is 12.1. The summed E-state index contributed by atoms with van der Waals surface area (Å²) in [7, 11) is -3.22. The minimum Gasteiger partial charge on any atom is -0.493 e. The highest BCUT2D eigenvalue weighted by atomic mass is 32.2. The number of hydrogen-bond acceptors (Lipinski definition) is 4. The van der Waals surface area contributed by atoms with Crippen LogP contribution in [0.25, 0.3) is 0 Å². The van der Waals surface area contributed by atoms with Crippen molar-refractivity contribution < 1.29 is 17.9 Å². The first-order chi connectivity index (χ1) is 12.1. The second-order valence-electron chi connectivity index (χ2n) is 6.55. The Balaban J connectivity index is 1.85. The van der Waals surface area contributed by atoms with Crippen LogP contribution < -0.4 is 10.1 Å². The Hall–Kier alpha value is -2.34. The molecule has 0 aliphatic rings. The molecule has 0 saturated carbocycles. The quantitative estimate of drug-likeness (QED) is 0.805. The molecular weight excluding hydrogens is 350 g/mol. The number of carbonyl (C=O) groups excluding carboxylic acids is 1. The van der Waals surface area contributed by atoms with Crippen LogP contribution in [-0.2, 0) is 14.6 Å². The van der Waals surface area contributed by atoms with Crippen LogP contribution in [0.15, 0.2) is 47.4 Å². The lowest BCUT2D eigenvalue weighted by atomic mass is 10.1. The second kappa shape index (κ2) is 8.36. The smallest absolute Gasteiger partial charge is 0.223 e. The molecule has 26 heavy (non-hydrogen) atoms. The normalized spacial score (nSPS) is 12.5. The zero-order valence-corrected chi connectivity index (χ0v) is 16.4. The summed E-state index contributed by atoms with van der Waals surface area (Å²) in [6.45, 7) is 6.17. The van der Waals surface area contributed by atoms with Crippen LogP contribution in [0, 0.1) is 13.8 Å². The number of nitrogens with one attached hydrogen (secondary N) is 1. The van der Waals surface area contributed by atoms with Gasteiger partial charge in [0.25, 0.3) is 0 Å². The molecule has 1 N–H and O–H groups in total. The van der Waals surface area contributed by atoms with Crippen LogP contribution in [0.4, 0.5) is 0 Å². The number of rotatable bonds is 7. The lowest BCUT2D eigenvalue weighted by molar-refractivity contribution is -0.122. The molecule has 1 amide bonds. The monoisotopic (exact) mass is 375 g/mol. The molecule has 2 aromatic rings. The van der Waals surface area contributed by atoms with Crippen molar-refractivity contribution in [3.63, 3.8) is 0 Å². The van der Waals surface area contributed by atoms with Crippen molar-refractivity contribution in [3.05, 3.63) is 59.2 Å². The van der Waals surface area contributed by atoms with Gasteiger partial charge in [0.2, 0.25) is 5.91 Å². The maximum absolute atomic E-state index is 12.1. The highest BCUT2D eigenvalue weighted by Crippen LogP contribution is 2.18. The fraction of sp³-hybridized carbons (Fsp3) is 0.350. The van der Waals surface area contributed by atoms with Gasteiger partial charge in [-0.2, -0.15) is 0 Å². The van der Waals surface area contributed by atoms with Gasteiger partial charge >= 0.3 is 0 Å². The second-order valence-corrected chi connectivity index (χ2v) is 8.57. The molecule has 1 unspecified atom stereocenters. The molecule has 0 aliphatic carbocycles. The number of benzene rings is 2. The van der Waals surface area contributed by atoms with Gasteiger partial charge in [-0.15, -0.1) is 0 Å². The summed E-state index contributed by atoms with van der Waals surface area (Å²) in [6, 6.07) is 12.3. The number of hydrogen-bond donors (Lipinski definition) is 1. The van der Waals surface area contributed by atoms with E-state index < -0.39 is 9.84 Å². The Bertz CT molecular complexity index is 853. The first-order valence-corrected chi connectivity index (χ1v) is 10.3. The lowest BCUT2D eigenvalue weighted by Gasteiger charge is -2.15. The topological polar surface area (TPSA) is 72.5 Å². The predicted molar refractivity (Wildman–Crippen MR) is 102 cm³/mol. The molecule has 6 heteroatoms. The van der Waals surface area contributed by atoms with Crippen LogP contribution in [0.5, 0.6) is 5.75 Å². The van der Waals surface area contributed by atoms with Gasteiger partial charge in [-0.25, -0.2) is 8.42 Å². The largest absolute Gasteiger partial charge is 0.493 e. The molecule has 0 aliphatic heterocycles. The maximum Gasteiger partial charge on any atom is 0.223 e. The predicted octanol–water partition coefficient (Wildman–Crippen LogP) is 3.35. The van der Waals surface area contributed by atoms with Gasteiger partial charge in [-0.1, -0.05) is 18.2 Å². The average molecular weight is 375 g/mol. The third kappa shape index (κ3) is 5.88. The number of amides is 1. The molecule has 0 heterocycles. The van der Waals surface area contributed by atoms with Gasteiger partial charge < -0.3 is 10.1 Å². The van der Waals surface area contributed by atoms with E-state index in [1.54, 1.807) is 24.3 Å². The molecular formula is C20H25NO4S. The van der Waals surface area contributed by atoms with Crippen LogP contribution in [-0.4, -0.2) is 27.2 Å². The van der Waals surface area contributed by atoms with Crippen molar-refractivity contribution in [1.29, 1.82) is 0 Å². The summed E-state index contributed by atoms with van der Waals surface area (Å²) in [6.07, 6.45) is 1.42. The molecule has 0 bridgehead atoms. The van der Waals surface area contributed by atoms with E-state index in [0.717, 1.165) is 22.4 Å². The highest BCUT2D eigenvalue weighted by molar-refractivity contribution is 7.90. The van der Waals surface area contributed by atoms with E-state index in [1.807, 2.05) is 32.9 Å². The van der Waals surface area contributed by atoms with Crippen molar-refractivity contribution in [2.45, 2.75) is 38.1 Å². The minimum absolute atomic E-state index is 0.117. The van der Waals surface area contributed by atoms with Crippen molar-refractivity contribution in [1.82, 2.24) is 5.32 Å². The third-order valence-corrected chi connectivity index (χ3v) is 5.11. The van der Waals surface area contributed by atoms with Crippen molar-refractivity contribution in [3.8, 4) is 5.75 Å². The van der Waals surface area contributed by atoms with E-state index in [4.69, 9.17) is 4.74 Å². The van der Waals surface area contributed by atoms with E-state index in [0.29, 0.717) is 6.61 Å². The lowest BCUT2D eigenvalue weighted by Crippen LogP contribution is -2.27. The molecule has 0 saturated heterocycles. The number of aryl methyl sites for hydroxylation is 2. The van der Waals surface area contributed by atoms with E-state index in [1.165, 1.54) is 6.26 Å². The summed E-state index contributed by atoms with van der Waals surface area (Å²) < 4.78 is 28.6. The van der Waals surface area contributed by atoms with Crippen LogP contribution >= 0.6 is 0 Å². The zero-order chi connectivity index (χ0) is 19.3. The Kier molecular flexibility index (Phi) is 6.42. The SMILES string of the molecule is Cc1cc(C)cc(OCCC(=O)NC(C)c2ccc(S(C)(=O)=O)cc2)c1. The number of sulfone groups is 1. The third-order valence-electron chi connectivity index (χ3n) is 3.98. The van der Waals surface area contributed by atoms with E-state index in [-0.39, 0.29) is 23.3 Å². The Labute approximate surface area is 155 Å². The van der Waals surface area contributed by atoms with Crippen molar-refractivity contribution >= 4 is 15.7 Å². The zero-order valence-electron chi connectivity index (χ0n) is 15.6. The fourth-order valence-corrected chi connectivity index (χ4v) is 3.31. The van der Waals surface area contributed by atoms with Crippen LogP contribution in [0.3, 0.4) is 0 Å².